The van der Waals surface area contributed by atoms with Crippen LogP contribution < -0.4 is 28.7 Å². The fourth-order valence-electron chi connectivity index (χ4n) is 3.49. The summed E-state index contributed by atoms with van der Waals surface area (Å²) in [6.45, 7) is 1.36. The summed E-state index contributed by atoms with van der Waals surface area (Å²) in [4.78, 5) is 12.8. The molecule has 0 aromatic heterocycles. The van der Waals surface area contributed by atoms with E-state index in [1.54, 1.807) is 36.4 Å². The van der Waals surface area contributed by atoms with Crippen LogP contribution in [0.4, 0.5) is 5.69 Å². The summed E-state index contributed by atoms with van der Waals surface area (Å²) in [5.41, 5.74) is 4.25. The summed E-state index contributed by atoms with van der Waals surface area (Å²) < 4.78 is 50.0. The molecule has 1 N–H and O–H groups in total. The Labute approximate surface area is 230 Å². The predicted molar refractivity (Wildman–Crippen MR) is 148 cm³/mol. The Balaban J connectivity index is 1.88. The number of hydrogen-bond donors (Lipinski definition) is 1. The monoisotopic (exact) mass is 605 g/mol. The molecule has 3 aromatic rings. The largest absolute Gasteiger partial charge is 0.493 e. The van der Waals surface area contributed by atoms with Crippen LogP contribution in [-0.2, 0) is 14.8 Å². The first-order valence-electron chi connectivity index (χ1n) is 11.2. The third-order valence-electron chi connectivity index (χ3n) is 5.41. The highest BCUT2D eigenvalue weighted by atomic mass is 79.9. The zero-order chi connectivity index (χ0) is 27.9. The summed E-state index contributed by atoms with van der Waals surface area (Å²) in [5.74, 6) is 0.962. The molecule has 0 aliphatic heterocycles. The molecule has 0 saturated carbocycles. The van der Waals surface area contributed by atoms with E-state index >= 15 is 0 Å². The SMILES string of the molecule is COc1ccc(S(=O)(=O)N(CC(=O)N/N=C/c2cc(Br)c(OC)c(OC)c2)c2ccc(C)cc2)cc1OC. The van der Waals surface area contributed by atoms with Gasteiger partial charge < -0.3 is 18.9 Å². The molecular formula is C26H28BrN3O7S. The lowest BCUT2D eigenvalue weighted by molar-refractivity contribution is -0.119. The molecule has 0 radical (unpaired) electrons. The van der Waals surface area contributed by atoms with E-state index in [0.29, 0.717) is 33.0 Å². The van der Waals surface area contributed by atoms with Crippen molar-refractivity contribution in [1.82, 2.24) is 5.43 Å². The first-order valence-corrected chi connectivity index (χ1v) is 13.4. The van der Waals surface area contributed by atoms with Gasteiger partial charge in [0.15, 0.2) is 23.0 Å². The number of carbonyl (C=O) groups excluding carboxylic acids is 1. The third-order valence-corrected chi connectivity index (χ3v) is 7.77. The Kier molecular flexibility index (Phi) is 9.59. The zero-order valence-electron chi connectivity index (χ0n) is 21.5. The van der Waals surface area contributed by atoms with Crippen molar-refractivity contribution in [2.75, 3.05) is 39.3 Å². The number of hydrogen-bond acceptors (Lipinski definition) is 8. The van der Waals surface area contributed by atoms with Crippen molar-refractivity contribution in [2.45, 2.75) is 11.8 Å². The summed E-state index contributed by atoms with van der Waals surface area (Å²) in [5, 5.41) is 3.98. The van der Waals surface area contributed by atoms with Crippen molar-refractivity contribution in [3.63, 3.8) is 0 Å². The molecule has 0 heterocycles. The van der Waals surface area contributed by atoms with Gasteiger partial charge >= 0.3 is 0 Å². The maximum atomic E-state index is 13.7. The Bertz CT molecular complexity index is 1430. The van der Waals surface area contributed by atoms with Crippen LogP contribution in [0.1, 0.15) is 11.1 Å². The maximum Gasteiger partial charge on any atom is 0.264 e. The molecule has 0 spiro atoms. The van der Waals surface area contributed by atoms with Crippen LogP contribution in [-0.4, -0.2) is 55.5 Å². The van der Waals surface area contributed by atoms with Crippen molar-refractivity contribution in [3.8, 4) is 23.0 Å². The van der Waals surface area contributed by atoms with Gasteiger partial charge in [0.05, 0.1) is 49.7 Å². The highest BCUT2D eigenvalue weighted by Crippen LogP contribution is 2.36. The Morgan fingerprint density at radius 2 is 1.58 bits per heavy atom. The maximum absolute atomic E-state index is 13.7. The van der Waals surface area contributed by atoms with Crippen LogP contribution in [0.25, 0.3) is 0 Å². The number of nitrogens with zero attached hydrogens (tertiary/aromatic N) is 2. The second kappa shape index (κ2) is 12.7. The number of halogens is 1. The molecule has 202 valence electrons. The standard InChI is InChI=1S/C26H28BrN3O7S/c1-17-6-8-19(9-7-17)30(38(32,33)20-10-11-22(34-2)23(14-20)35-3)16-25(31)29-28-15-18-12-21(27)26(37-5)24(13-18)36-4/h6-15H,16H2,1-5H3,(H,29,31)/b28-15+. The molecule has 38 heavy (non-hydrogen) atoms. The number of aryl methyl sites for hydroxylation is 1. The van der Waals surface area contributed by atoms with Gasteiger partial charge in [-0.1, -0.05) is 17.7 Å². The average Bonchev–Trinajstić information content (AvgIpc) is 2.91. The molecule has 0 bridgehead atoms. The van der Waals surface area contributed by atoms with Gasteiger partial charge in [-0.05, 0) is 64.8 Å². The number of methoxy groups -OCH3 is 4. The van der Waals surface area contributed by atoms with Crippen molar-refractivity contribution in [2.24, 2.45) is 5.10 Å². The number of nitrogens with one attached hydrogen (secondary N) is 1. The second-order valence-electron chi connectivity index (χ2n) is 7.90. The summed E-state index contributed by atoms with van der Waals surface area (Å²) in [6.07, 6.45) is 1.41. The van der Waals surface area contributed by atoms with E-state index in [1.165, 1.54) is 52.9 Å². The molecule has 0 atom stereocenters. The van der Waals surface area contributed by atoms with E-state index in [-0.39, 0.29) is 10.6 Å². The lowest BCUT2D eigenvalue weighted by Gasteiger charge is -2.24. The molecule has 12 heteroatoms. The summed E-state index contributed by atoms with van der Waals surface area (Å²) in [6, 6.07) is 14.4. The van der Waals surface area contributed by atoms with E-state index < -0.39 is 22.5 Å². The van der Waals surface area contributed by atoms with Gasteiger partial charge in [-0.3, -0.25) is 9.10 Å². The molecule has 0 saturated heterocycles. The lowest BCUT2D eigenvalue weighted by Crippen LogP contribution is -2.39. The van der Waals surface area contributed by atoms with Crippen molar-refractivity contribution in [3.05, 3.63) is 70.2 Å². The van der Waals surface area contributed by atoms with E-state index in [0.717, 1.165) is 9.87 Å². The summed E-state index contributed by atoms with van der Waals surface area (Å²) >= 11 is 3.40. The van der Waals surface area contributed by atoms with Gasteiger partial charge in [0, 0.05) is 6.07 Å². The molecule has 0 aliphatic carbocycles. The molecule has 3 rings (SSSR count). The Hall–Kier alpha value is -3.77. The molecule has 0 aliphatic rings. The number of rotatable bonds is 11. The number of anilines is 1. The van der Waals surface area contributed by atoms with Gasteiger partial charge in [0.1, 0.15) is 6.54 Å². The fourth-order valence-corrected chi connectivity index (χ4v) is 5.55. The van der Waals surface area contributed by atoms with Gasteiger partial charge in [0.25, 0.3) is 15.9 Å². The van der Waals surface area contributed by atoms with Gasteiger partial charge in [-0.2, -0.15) is 5.10 Å². The first-order chi connectivity index (χ1) is 18.1. The quantitative estimate of drug-likeness (QED) is 0.258. The van der Waals surface area contributed by atoms with Crippen molar-refractivity contribution >= 4 is 43.8 Å². The van der Waals surface area contributed by atoms with Crippen LogP contribution >= 0.6 is 15.9 Å². The lowest BCUT2D eigenvalue weighted by atomic mass is 10.2. The number of amides is 1. The van der Waals surface area contributed by atoms with E-state index in [4.69, 9.17) is 18.9 Å². The minimum absolute atomic E-state index is 0.0674. The van der Waals surface area contributed by atoms with Crippen molar-refractivity contribution < 1.29 is 32.2 Å². The van der Waals surface area contributed by atoms with Gasteiger partial charge in [-0.15, -0.1) is 0 Å². The minimum atomic E-state index is -4.17. The number of benzene rings is 3. The number of ether oxygens (including phenoxy) is 4. The number of carbonyl (C=O) groups is 1. The molecular weight excluding hydrogens is 578 g/mol. The fraction of sp³-hybridized carbons (Fsp3) is 0.231. The predicted octanol–water partition coefficient (Wildman–Crippen LogP) is 4.14. The Morgan fingerprint density at radius 3 is 2.18 bits per heavy atom. The average molecular weight is 606 g/mol. The van der Waals surface area contributed by atoms with Crippen molar-refractivity contribution in [1.29, 1.82) is 0 Å². The third kappa shape index (κ3) is 6.56. The normalized spacial score (nSPS) is 11.2. The van der Waals surface area contributed by atoms with E-state index in [9.17, 15) is 13.2 Å². The first kappa shape index (κ1) is 28.8. The van der Waals surface area contributed by atoms with Crippen LogP contribution in [0.15, 0.2) is 69.1 Å². The molecule has 0 unspecified atom stereocenters. The smallest absolute Gasteiger partial charge is 0.264 e. The van der Waals surface area contributed by atoms with Crippen LogP contribution in [0, 0.1) is 6.92 Å². The van der Waals surface area contributed by atoms with Gasteiger partial charge in [-0.25, -0.2) is 13.8 Å². The molecule has 10 nitrogen and oxygen atoms in total. The second-order valence-corrected chi connectivity index (χ2v) is 10.6. The number of sulfonamides is 1. The highest BCUT2D eigenvalue weighted by molar-refractivity contribution is 9.10. The molecule has 0 fully saturated rings. The van der Waals surface area contributed by atoms with Crippen LogP contribution in [0.5, 0.6) is 23.0 Å². The topological polar surface area (TPSA) is 116 Å². The molecule has 3 aromatic carbocycles. The van der Waals surface area contributed by atoms with E-state index in [1.807, 2.05) is 6.92 Å². The van der Waals surface area contributed by atoms with Crippen LogP contribution in [0.3, 0.4) is 0 Å². The van der Waals surface area contributed by atoms with Crippen LogP contribution in [0.2, 0.25) is 0 Å². The Morgan fingerprint density at radius 1 is 0.921 bits per heavy atom. The summed E-state index contributed by atoms with van der Waals surface area (Å²) in [7, 11) is 1.72. The molecule has 1 amide bonds. The zero-order valence-corrected chi connectivity index (χ0v) is 23.9. The minimum Gasteiger partial charge on any atom is -0.493 e. The highest BCUT2D eigenvalue weighted by Gasteiger charge is 2.28. The van der Waals surface area contributed by atoms with E-state index in [2.05, 4.69) is 26.5 Å². The number of hydrazone groups is 1. The van der Waals surface area contributed by atoms with Gasteiger partial charge in [0.2, 0.25) is 0 Å².